The molecule has 0 saturated heterocycles. The van der Waals surface area contributed by atoms with E-state index in [0.29, 0.717) is 5.56 Å². The highest BCUT2D eigenvalue weighted by Crippen LogP contribution is 2.00. The average molecular weight is 178 g/mol. The molecule has 2 N–H and O–H groups in total. The van der Waals surface area contributed by atoms with Crippen LogP contribution >= 0.6 is 0 Å². The Bertz CT molecular complexity index is 309. The molecule has 0 spiro atoms. The average Bonchev–Trinajstić information content (AvgIpc) is 2.19. The molecule has 4 heteroatoms. The van der Waals surface area contributed by atoms with Gasteiger partial charge in [-0.2, -0.15) is 0 Å². The van der Waals surface area contributed by atoms with Crippen molar-refractivity contribution in [2.45, 2.75) is 0 Å². The Labute approximate surface area is 76.0 Å². The molecule has 0 atom stereocenters. The summed E-state index contributed by atoms with van der Waals surface area (Å²) in [5.41, 5.74) is 0.575. The maximum absolute atomic E-state index is 10.7. The van der Waals surface area contributed by atoms with Gasteiger partial charge in [0, 0.05) is 12.6 Å². The second kappa shape index (κ2) is 4.25. The third-order valence-corrected chi connectivity index (χ3v) is 1.43. The van der Waals surface area contributed by atoms with Gasteiger partial charge in [0.1, 0.15) is 0 Å². The van der Waals surface area contributed by atoms with Gasteiger partial charge in [-0.25, -0.2) is 4.79 Å². The van der Waals surface area contributed by atoms with E-state index in [9.17, 15) is 4.79 Å². The molecule has 0 unspecified atom stereocenters. The molecule has 0 aliphatic heterocycles. The number of carbonyl (C=O) groups excluding carboxylic acids is 1. The molecule has 68 valence electrons. The number of alkyl carbamates (subject to hydrolysis) is 1. The summed E-state index contributed by atoms with van der Waals surface area (Å²) in [5.74, 6) is -0.153. The van der Waals surface area contributed by atoms with Crippen LogP contribution in [0.1, 0.15) is 5.56 Å². The Kier molecular flexibility index (Phi) is 3.03. The Morgan fingerprint density at radius 2 is 2.00 bits per heavy atom. The number of rotatable bonds is 1. The molecule has 1 amide bonds. The van der Waals surface area contributed by atoms with E-state index in [-0.39, 0.29) is 5.90 Å². The van der Waals surface area contributed by atoms with E-state index in [1.165, 1.54) is 7.05 Å². The summed E-state index contributed by atoms with van der Waals surface area (Å²) >= 11 is 0. The molecule has 0 aliphatic rings. The van der Waals surface area contributed by atoms with Gasteiger partial charge in [0.15, 0.2) is 0 Å². The molecule has 0 radical (unpaired) electrons. The van der Waals surface area contributed by atoms with Crippen LogP contribution in [0, 0.1) is 5.41 Å². The molecule has 4 nitrogen and oxygen atoms in total. The van der Waals surface area contributed by atoms with Crippen LogP contribution in [-0.4, -0.2) is 19.0 Å². The third-order valence-electron chi connectivity index (χ3n) is 1.43. The Balaban J connectivity index is 2.65. The molecule has 0 saturated carbocycles. The minimum atomic E-state index is -0.631. The van der Waals surface area contributed by atoms with Crippen LogP contribution in [-0.2, 0) is 4.74 Å². The zero-order chi connectivity index (χ0) is 9.68. The van der Waals surface area contributed by atoms with Crippen molar-refractivity contribution in [3.8, 4) is 0 Å². The molecule has 0 fully saturated rings. The van der Waals surface area contributed by atoms with Gasteiger partial charge in [-0.05, 0) is 12.1 Å². The highest BCUT2D eigenvalue weighted by atomic mass is 16.6. The summed E-state index contributed by atoms with van der Waals surface area (Å²) in [6.45, 7) is 0. The third kappa shape index (κ3) is 2.59. The van der Waals surface area contributed by atoms with Gasteiger partial charge in [0.05, 0.1) is 0 Å². The fourth-order valence-electron chi connectivity index (χ4n) is 0.792. The Morgan fingerprint density at radius 3 is 2.54 bits per heavy atom. The van der Waals surface area contributed by atoms with Crippen molar-refractivity contribution >= 4 is 12.0 Å². The molecule has 1 rings (SSSR count). The van der Waals surface area contributed by atoms with E-state index in [0.717, 1.165) is 0 Å². The highest BCUT2D eigenvalue weighted by Gasteiger charge is 2.05. The summed E-state index contributed by atoms with van der Waals surface area (Å²) in [6, 6.07) is 8.78. The van der Waals surface area contributed by atoms with E-state index in [2.05, 4.69) is 10.1 Å². The van der Waals surface area contributed by atoms with Crippen LogP contribution in [0.3, 0.4) is 0 Å². The molecule has 0 bridgehead atoms. The summed E-state index contributed by atoms with van der Waals surface area (Å²) < 4.78 is 4.62. The van der Waals surface area contributed by atoms with Gasteiger partial charge in [0.2, 0.25) is 5.90 Å². The molecule has 1 aromatic rings. The molecule has 0 heterocycles. The second-order valence-electron chi connectivity index (χ2n) is 2.33. The van der Waals surface area contributed by atoms with Crippen LogP contribution in [0.25, 0.3) is 0 Å². The lowest BCUT2D eigenvalue weighted by atomic mass is 10.2. The van der Waals surface area contributed by atoms with Gasteiger partial charge >= 0.3 is 6.09 Å². The van der Waals surface area contributed by atoms with E-state index < -0.39 is 6.09 Å². The number of carbonyl (C=O) groups is 1. The van der Waals surface area contributed by atoms with Crippen LogP contribution in [0.4, 0.5) is 4.79 Å². The number of benzene rings is 1. The van der Waals surface area contributed by atoms with Crippen molar-refractivity contribution in [1.29, 1.82) is 5.41 Å². The van der Waals surface area contributed by atoms with Crippen LogP contribution in [0.2, 0.25) is 0 Å². The van der Waals surface area contributed by atoms with Crippen LogP contribution in [0.5, 0.6) is 0 Å². The first kappa shape index (κ1) is 9.25. The topological polar surface area (TPSA) is 62.2 Å². The van der Waals surface area contributed by atoms with Gasteiger partial charge in [-0.3, -0.25) is 5.41 Å². The predicted molar refractivity (Wildman–Crippen MR) is 48.8 cm³/mol. The van der Waals surface area contributed by atoms with Gasteiger partial charge in [-0.1, -0.05) is 18.2 Å². The lowest BCUT2D eigenvalue weighted by Gasteiger charge is -2.03. The largest absolute Gasteiger partial charge is 0.413 e. The molecule has 0 aliphatic carbocycles. The lowest BCUT2D eigenvalue weighted by molar-refractivity contribution is 0.199. The number of nitrogens with one attached hydrogen (secondary N) is 2. The minimum Gasteiger partial charge on any atom is -0.391 e. The molecule has 0 aromatic heterocycles. The highest BCUT2D eigenvalue weighted by molar-refractivity contribution is 5.97. The Hall–Kier alpha value is -1.84. The van der Waals surface area contributed by atoms with Gasteiger partial charge in [0.25, 0.3) is 0 Å². The van der Waals surface area contributed by atoms with Crippen molar-refractivity contribution in [1.82, 2.24) is 5.32 Å². The second-order valence-corrected chi connectivity index (χ2v) is 2.33. The predicted octanol–water partition coefficient (Wildman–Crippen LogP) is 1.37. The van der Waals surface area contributed by atoms with Crippen LogP contribution in [0.15, 0.2) is 30.3 Å². The first-order valence-corrected chi connectivity index (χ1v) is 3.77. The zero-order valence-corrected chi connectivity index (χ0v) is 7.20. The van der Waals surface area contributed by atoms with Crippen molar-refractivity contribution in [2.24, 2.45) is 0 Å². The molecule has 1 aromatic carbocycles. The monoisotopic (exact) mass is 178 g/mol. The number of ether oxygens (including phenoxy) is 1. The zero-order valence-electron chi connectivity index (χ0n) is 7.20. The quantitative estimate of drug-likeness (QED) is 0.504. The standard InChI is InChI=1S/C9H10N2O2/c1-11-9(12)13-8(10)7-5-3-2-4-6-7/h2-6,10H,1H3,(H,11,12). The summed E-state index contributed by atoms with van der Waals surface area (Å²) in [7, 11) is 1.45. The summed E-state index contributed by atoms with van der Waals surface area (Å²) in [5, 5.41) is 9.64. The van der Waals surface area contributed by atoms with Crippen molar-refractivity contribution in [3.05, 3.63) is 35.9 Å². The molecule has 13 heavy (non-hydrogen) atoms. The van der Waals surface area contributed by atoms with Gasteiger partial charge in [-0.15, -0.1) is 0 Å². The van der Waals surface area contributed by atoms with Crippen molar-refractivity contribution < 1.29 is 9.53 Å². The van der Waals surface area contributed by atoms with Crippen molar-refractivity contribution in [3.63, 3.8) is 0 Å². The normalized spacial score (nSPS) is 9.00. The lowest BCUT2D eigenvalue weighted by Crippen LogP contribution is -2.22. The first-order valence-electron chi connectivity index (χ1n) is 3.77. The Morgan fingerprint density at radius 1 is 1.38 bits per heavy atom. The van der Waals surface area contributed by atoms with E-state index in [1.54, 1.807) is 24.3 Å². The number of hydrogen-bond donors (Lipinski definition) is 2. The molecular weight excluding hydrogens is 168 g/mol. The summed E-state index contributed by atoms with van der Waals surface area (Å²) in [4.78, 5) is 10.7. The number of amides is 1. The van der Waals surface area contributed by atoms with E-state index in [1.807, 2.05) is 6.07 Å². The van der Waals surface area contributed by atoms with Gasteiger partial charge < -0.3 is 10.1 Å². The SMILES string of the molecule is CNC(=O)OC(=N)c1ccccc1. The smallest absolute Gasteiger partial charge is 0.391 e. The van der Waals surface area contributed by atoms with E-state index in [4.69, 9.17) is 5.41 Å². The van der Waals surface area contributed by atoms with Crippen molar-refractivity contribution in [2.75, 3.05) is 7.05 Å². The minimum absolute atomic E-state index is 0.153. The summed E-state index contributed by atoms with van der Waals surface area (Å²) in [6.07, 6.45) is -0.631. The first-order chi connectivity index (χ1) is 6.24. The maximum Gasteiger partial charge on any atom is 0.413 e. The fraction of sp³-hybridized carbons (Fsp3) is 0.111. The van der Waals surface area contributed by atoms with Crippen LogP contribution < -0.4 is 5.32 Å². The van der Waals surface area contributed by atoms with E-state index >= 15 is 0 Å². The fourth-order valence-corrected chi connectivity index (χ4v) is 0.792. The molecular formula is C9H10N2O2. The maximum atomic E-state index is 10.7. The number of hydrogen-bond acceptors (Lipinski definition) is 3.